The van der Waals surface area contributed by atoms with Crippen LogP contribution in [0.1, 0.15) is 60.2 Å². The molecule has 0 aliphatic rings. The molecule has 6 atom stereocenters. The number of phenolic OH excluding ortho intramolecular Hbond substituents is 4. The molecule has 0 aromatic heterocycles. The van der Waals surface area contributed by atoms with Gasteiger partial charge in [0.05, 0.1) is 17.2 Å². The molecule has 0 heterocycles. The fourth-order valence-electron chi connectivity index (χ4n) is 5.03. The number of nitrogens with one attached hydrogen (secondary N) is 4. The fourth-order valence-corrected chi connectivity index (χ4v) is 5.03. The molecule has 0 aliphatic carbocycles. The zero-order chi connectivity index (χ0) is 43.0. The van der Waals surface area contributed by atoms with Gasteiger partial charge in [0.25, 0.3) is 11.8 Å². The number of carbonyl (C=O) groups excluding carboxylic acids is 5. The Morgan fingerprint density at radius 3 is 1.44 bits per heavy atom. The summed E-state index contributed by atoms with van der Waals surface area (Å²) in [6, 6.07) is 0.282. The number of ether oxygens (including phenoxy) is 1. The quantitative estimate of drug-likeness (QED) is 0.0195. The minimum absolute atomic E-state index is 0.00130. The number of esters is 1. The van der Waals surface area contributed by atoms with E-state index >= 15 is 0 Å². The summed E-state index contributed by atoms with van der Waals surface area (Å²) in [5.74, 6) is -10.5. The van der Waals surface area contributed by atoms with Gasteiger partial charge >= 0.3 is 11.9 Å². The molecule has 6 unspecified atom stereocenters. The van der Waals surface area contributed by atoms with E-state index in [4.69, 9.17) is 27.7 Å². The summed E-state index contributed by atoms with van der Waals surface area (Å²) in [6.07, 6.45) is -3.47. The van der Waals surface area contributed by atoms with Crippen LogP contribution in [0.25, 0.3) is 0 Å². The highest BCUT2D eigenvalue weighted by molar-refractivity contribution is 6.01. The molecule has 2 rings (SSSR count). The summed E-state index contributed by atoms with van der Waals surface area (Å²) in [4.78, 5) is 86.1. The van der Waals surface area contributed by atoms with Gasteiger partial charge in [-0.15, -0.1) is 0 Å². The van der Waals surface area contributed by atoms with Crippen LogP contribution in [-0.2, 0) is 23.9 Å². The van der Waals surface area contributed by atoms with Crippen LogP contribution >= 0.6 is 0 Å². The lowest BCUT2D eigenvalue weighted by atomic mass is 10.1. The van der Waals surface area contributed by atoms with Crippen molar-refractivity contribution < 1.29 is 64.1 Å². The number of aliphatic imine (C=N–C) groups is 2. The van der Waals surface area contributed by atoms with Crippen LogP contribution in [0, 0.1) is 0 Å². The number of hydrogen-bond donors (Lipinski definition) is 14. The number of aliphatic carboxylic acids is 1. The number of aliphatic hydroxyl groups is 1. The summed E-state index contributed by atoms with van der Waals surface area (Å²) in [5, 5.41) is 69.4. The summed E-state index contributed by atoms with van der Waals surface area (Å²) in [6.45, 7) is 2.20. The normalized spacial score (nSPS) is 13.9. The maximum atomic E-state index is 13.5. The van der Waals surface area contributed by atoms with E-state index in [9.17, 15) is 59.4 Å². The number of benzene rings is 2. The SMILES string of the molecule is CC(O)C(NC(=O)C(CCCN=C(N)N)NC(=O)c1cccc(O)c1O)C(=O)OC(C)C(NC(=O)C(CCCN=C(N)N)NC(=O)c1cccc(O)c1O)C(=O)O. The molecule has 23 heteroatoms. The number of aromatic hydroxyl groups is 4. The van der Waals surface area contributed by atoms with Crippen molar-refractivity contribution in [3.8, 4) is 23.0 Å². The highest BCUT2D eigenvalue weighted by atomic mass is 16.5. The fraction of sp³-hybridized carbons (Fsp3) is 0.412. The van der Waals surface area contributed by atoms with Crippen molar-refractivity contribution in [1.82, 2.24) is 21.3 Å². The molecular formula is C34H48N10O13. The second kappa shape index (κ2) is 21.7. The molecule has 57 heavy (non-hydrogen) atoms. The first kappa shape index (κ1) is 46.1. The third kappa shape index (κ3) is 14.3. The van der Waals surface area contributed by atoms with E-state index in [-0.39, 0.29) is 50.7 Å². The lowest BCUT2D eigenvalue weighted by molar-refractivity contribution is -0.161. The molecule has 0 radical (unpaired) electrons. The van der Waals surface area contributed by atoms with Crippen LogP contribution in [0.4, 0.5) is 0 Å². The van der Waals surface area contributed by atoms with Crippen molar-refractivity contribution in [2.75, 3.05) is 13.1 Å². The molecule has 2 aromatic rings. The van der Waals surface area contributed by atoms with E-state index in [0.717, 1.165) is 38.1 Å². The lowest BCUT2D eigenvalue weighted by Gasteiger charge is -2.28. The van der Waals surface area contributed by atoms with Gasteiger partial charge in [-0.2, -0.15) is 0 Å². The van der Waals surface area contributed by atoms with E-state index in [1.54, 1.807) is 0 Å². The van der Waals surface area contributed by atoms with Gasteiger partial charge in [-0.3, -0.25) is 29.2 Å². The molecular weight excluding hydrogens is 756 g/mol. The molecule has 0 spiro atoms. The van der Waals surface area contributed by atoms with Crippen molar-refractivity contribution in [1.29, 1.82) is 0 Å². The lowest BCUT2D eigenvalue weighted by Crippen LogP contribution is -2.58. The van der Waals surface area contributed by atoms with Gasteiger partial charge in [-0.25, -0.2) is 9.59 Å². The number of carbonyl (C=O) groups is 6. The molecule has 4 amide bonds. The first-order valence-electron chi connectivity index (χ1n) is 17.2. The van der Waals surface area contributed by atoms with E-state index in [2.05, 4.69) is 31.3 Å². The summed E-state index contributed by atoms with van der Waals surface area (Å²) in [5.41, 5.74) is 20.5. The maximum Gasteiger partial charge on any atom is 0.331 e. The van der Waals surface area contributed by atoms with Crippen molar-refractivity contribution >= 4 is 47.5 Å². The maximum absolute atomic E-state index is 13.5. The zero-order valence-corrected chi connectivity index (χ0v) is 30.9. The van der Waals surface area contributed by atoms with Gasteiger partial charge < -0.3 is 79.6 Å². The number of guanidine groups is 2. The minimum atomic E-state index is -1.98. The monoisotopic (exact) mass is 804 g/mol. The van der Waals surface area contributed by atoms with Crippen LogP contribution in [0.2, 0.25) is 0 Å². The number of nitrogens with two attached hydrogens (primary N) is 4. The minimum Gasteiger partial charge on any atom is -0.504 e. The van der Waals surface area contributed by atoms with Gasteiger partial charge in [-0.1, -0.05) is 12.1 Å². The molecule has 0 bridgehead atoms. The molecule has 2 aromatic carbocycles. The molecule has 18 N–H and O–H groups in total. The van der Waals surface area contributed by atoms with Crippen molar-refractivity contribution in [2.24, 2.45) is 32.9 Å². The number of para-hydroxylation sites is 2. The van der Waals surface area contributed by atoms with Gasteiger partial charge in [0.2, 0.25) is 11.8 Å². The predicted octanol–water partition coefficient (Wildman–Crippen LogP) is -3.12. The molecule has 0 aliphatic heterocycles. The van der Waals surface area contributed by atoms with Crippen molar-refractivity contribution in [3.05, 3.63) is 47.5 Å². The Labute approximate surface area is 325 Å². The summed E-state index contributed by atoms with van der Waals surface area (Å²) >= 11 is 0. The Morgan fingerprint density at radius 1 is 0.667 bits per heavy atom. The van der Waals surface area contributed by atoms with E-state index in [1.807, 2.05) is 0 Å². The van der Waals surface area contributed by atoms with Gasteiger partial charge in [0.1, 0.15) is 18.2 Å². The van der Waals surface area contributed by atoms with Crippen LogP contribution < -0.4 is 44.2 Å². The number of phenols is 4. The van der Waals surface area contributed by atoms with E-state index in [0.29, 0.717) is 0 Å². The van der Waals surface area contributed by atoms with Gasteiger partial charge in [0, 0.05) is 13.1 Å². The standard InChI is InChI=1S/C34H48N10O13/c1-15(45)23(43-29(52)19(9-5-13-39-33(35)36)41-27(50)17-7-3-11-21(46)25(17)48)32(56)57-16(2)24(31(54)55)44-30(53)20(10-6-14-40-34(37)38)42-28(51)18-8-4-12-22(47)26(18)49/h3-4,7-8,11-12,15-16,19-20,23-24,45-49H,5-6,9-10,13-14H2,1-2H3,(H,41,50)(H,42,51)(H,43,52)(H,44,53)(H,54,55)(H4,35,36,39)(H4,37,38,40). The molecule has 23 nitrogen and oxygen atoms in total. The largest absolute Gasteiger partial charge is 0.504 e. The number of rotatable bonds is 21. The first-order chi connectivity index (χ1) is 26.7. The van der Waals surface area contributed by atoms with Crippen molar-refractivity contribution in [3.63, 3.8) is 0 Å². The van der Waals surface area contributed by atoms with Crippen LogP contribution in [0.3, 0.4) is 0 Å². The molecule has 0 fully saturated rings. The smallest absolute Gasteiger partial charge is 0.331 e. The average molecular weight is 805 g/mol. The van der Waals surface area contributed by atoms with Crippen LogP contribution in [-0.4, -0.2) is 128 Å². The Balaban J connectivity index is 2.27. The molecule has 0 saturated heterocycles. The van der Waals surface area contributed by atoms with Crippen molar-refractivity contribution in [2.45, 2.75) is 75.9 Å². The highest BCUT2D eigenvalue weighted by Gasteiger charge is 2.37. The number of carboxylic acid groups (broad SMARTS) is 1. The summed E-state index contributed by atoms with van der Waals surface area (Å²) in [7, 11) is 0. The number of amides is 4. The Morgan fingerprint density at radius 2 is 1.07 bits per heavy atom. The Hall–Kier alpha value is -7.04. The zero-order valence-electron chi connectivity index (χ0n) is 30.9. The number of hydrogen-bond acceptors (Lipinski definition) is 14. The third-order valence-electron chi connectivity index (χ3n) is 8.02. The second-order valence-corrected chi connectivity index (χ2v) is 12.5. The van der Waals surface area contributed by atoms with Crippen LogP contribution in [0.15, 0.2) is 46.4 Å². The summed E-state index contributed by atoms with van der Waals surface area (Å²) < 4.78 is 5.27. The third-order valence-corrected chi connectivity index (χ3v) is 8.02. The second-order valence-electron chi connectivity index (χ2n) is 12.5. The molecule has 0 saturated carbocycles. The number of carboxylic acids is 1. The van der Waals surface area contributed by atoms with E-state index < -0.39 is 106 Å². The number of nitrogens with zero attached hydrogens (tertiary/aromatic N) is 2. The topological polar surface area (TPSA) is 410 Å². The number of aliphatic hydroxyl groups excluding tert-OH is 1. The predicted molar refractivity (Wildman–Crippen MR) is 201 cm³/mol. The van der Waals surface area contributed by atoms with Gasteiger partial charge in [0.15, 0.2) is 47.0 Å². The van der Waals surface area contributed by atoms with Crippen LogP contribution in [0.5, 0.6) is 23.0 Å². The van der Waals surface area contributed by atoms with Gasteiger partial charge in [-0.05, 0) is 63.8 Å². The van der Waals surface area contributed by atoms with E-state index in [1.165, 1.54) is 12.1 Å². The Kier molecular flexibility index (Phi) is 17.6. The molecule has 312 valence electrons. The Bertz CT molecular complexity index is 1830. The highest BCUT2D eigenvalue weighted by Crippen LogP contribution is 2.29. The first-order valence-corrected chi connectivity index (χ1v) is 17.2. The average Bonchev–Trinajstić information content (AvgIpc) is 3.13.